The molecule has 1 heterocycles. The molecule has 82 valence electrons. The summed E-state index contributed by atoms with van der Waals surface area (Å²) < 4.78 is 36.3. The molecule has 0 saturated heterocycles. The highest BCUT2D eigenvalue weighted by atomic mass is 79.9. The summed E-state index contributed by atoms with van der Waals surface area (Å²) in [7, 11) is 0. The van der Waals surface area contributed by atoms with Crippen LogP contribution >= 0.6 is 15.9 Å². The van der Waals surface area contributed by atoms with Crippen molar-refractivity contribution in [3.8, 4) is 0 Å². The van der Waals surface area contributed by atoms with E-state index >= 15 is 0 Å². The third-order valence-electron chi connectivity index (χ3n) is 1.50. The minimum Gasteiger partial charge on any atom is -0.478 e. The molecule has 15 heavy (non-hydrogen) atoms. The minimum atomic E-state index is -4.68. The zero-order chi connectivity index (χ0) is 11.8. The average Bonchev–Trinajstić information content (AvgIpc) is 2.06. The van der Waals surface area contributed by atoms with Crippen LogP contribution in [0.15, 0.2) is 10.5 Å². The van der Waals surface area contributed by atoms with Gasteiger partial charge in [0.2, 0.25) is 0 Å². The van der Waals surface area contributed by atoms with Crippen LogP contribution < -0.4 is 5.73 Å². The van der Waals surface area contributed by atoms with E-state index in [1.54, 1.807) is 0 Å². The van der Waals surface area contributed by atoms with Crippen molar-refractivity contribution in [3.05, 3.63) is 21.8 Å². The molecule has 0 spiro atoms. The number of anilines is 1. The van der Waals surface area contributed by atoms with Gasteiger partial charge in [0.05, 0.1) is 0 Å². The summed E-state index contributed by atoms with van der Waals surface area (Å²) in [6.45, 7) is 0. The van der Waals surface area contributed by atoms with Crippen LogP contribution in [-0.2, 0) is 6.18 Å². The third-order valence-corrected chi connectivity index (χ3v) is 2.11. The second kappa shape index (κ2) is 3.69. The smallest absolute Gasteiger partial charge is 0.434 e. The maximum absolute atomic E-state index is 12.3. The number of aromatic nitrogens is 1. The van der Waals surface area contributed by atoms with E-state index in [0.717, 1.165) is 6.07 Å². The van der Waals surface area contributed by atoms with Gasteiger partial charge in [0, 0.05) is 4.47 Å². The van der Waals surface area contributed by atoms with Gasteiger partial charge >= 0.3 is 12.1 Å². The number of nitrogen functional groups attached to an aromatic ring is 1. The van der Waals surface area contributed by atoms with Crippen molar-refractivity contribution < 1.29 is 23.1 Å². The average molecular weight is 285 g/mol. The molecule has 0 saturated carbocycles. The first-order chi connectivity index (χ1) is 6.73. The largest absolute Gasteiger partial charge is 0.478 e. The highest BCUT2D eigenvalue weighted by Crippen LogP contribution is 2.34. The van der Waals surface area contributed by atoms with Gasteiger partial charge in [-0.25, -0.2) is 9.78 Å². The van der Waals surface area contributed by atoms with Crippen molar-refractivity contribution in [1.29, 1.82) is 0 Å². The van der Waals surface area contributed by atoms with Gasteiger partial charge in [-0.15, -0.1) is 0 Å². The Kier molecular flexibility index (Phi) is 2.89. The van der Waals surface area contributed by atoms with Crippen molar-refractivity contribution in [2.45, 2.75) is 6.18 Å². The van der Waals surface area contributed by atoms with Crippen LogP contribution in [0.5, 0.6) is 0 Å². The Morgan fingerprint density at radius 3 is 2.47 bits per heavy atom. The number of nitrogens with zero attached hydrogens (tertiary/aromatic N) is 1. The van der Waals surface area contributed by atoms with Crippen molar-refractivity contribution in [2.75, 3.05) is 5.73 Å². The molecule has 0 radical (unpaired) electrons. The van der Waals surface area contributed by atoms with Gasteiger partial charge in [0.15, 0.2) is 5.69 Å². The maximum Gasteiger partial charge on any atom is 0.434 e. The van der Waals surface area contributed by atoms with Crippen LogP contribution in [0.3, 0.4) is 0 Å². The lowest BCUT2D eigenvalue weighted by Gasteiger charge is -2.09. The van der Waals surface area contributed by atoms with E-state index < -0.39 is 33.7 Å². The van der Waals surface area contributed by atoms with E-state index in [2.05, 4.69) is 20.9 Å². The van der Waals surface area contributed by atoms with Crippen LogP contribution in [0.2, 0.25) is 0 Å². The summed E-state index contributed by atoms with van der Waals surface area (Å²) in [6, 6.07) is 0.771. The lowest BCUT2D eigenvalue weighted by molar-refractivity contribution is -0.141. The van der Waals surface area contributed by atoms with E-state index in [1.165, 1.54) is 0 Å². The van der Waals surface area contributed by atoms with Gasteiger partial charge in [-0.05, 0) is 22.0 Å². The van der Waals surface area contributed by atoms with Crippen molar-refractivity contribution in [2.24, 2.45) is 0 Å². The van der Waals surface area contributed by atoms with Crippen LogP contribution in [0.4, 0.5) is 19.0 Å². The zero-order valence-corrected chi connectivity index (χ0v) is 8.56. The Labute approximate surface area is 90.0 Å². The standard InChI is InChI=1S/C7H4BrF3N2O2/c8-3-1-2(6(14)15)5(12)13-4(3)7(9,10)11/h1H,(H2,12,13)(H,14,15). The molecule has 0 amide bonds. The summed E-state index contributed by atoms with van der Waals surface area (Å²) in [5, 5.41) is 8.56. The molecular weight excluding hydrogens is 281 g/mol. The Balaban J connectivity index is 3.39. The SMILES string of the molecule is Nc1nc(C(F)(F)F)c(Br)cc1C(=O)O. The number of carboxylic acids is 1. The van der Waals surface area contributed by atoms with Gasteiger partial charge in [-0.2, -0.15) is 13.2 Å². The molecule has 3 N–H and O–H groups in total. The predicted octanol–water partition coefficient (Wildman–Crippen LogP) is 2.14. The number of pyridine rings is 1. The molecule has 0 fully saturated rings. The number of nitrogens with two attached hydrogens (primary N) is 1. The number of hydrogen-bond donors (Lipinski definition) is 2. The van der Waals surface area contributed by atoms with Crippen molar-refractivity contribution in [3.63, 3.8) is 0 Å². The summed E-state index contributed by atoms with van der Waals surface area (Å²) in [5.74, 6) is -2.10. The van der Waals surface area contributed by atoms with Gasteiger partial charge in [0.25, 0.3) is 0 Å². The Hall–Kier alpha value is -1.31. The van der Waals surface area contributed by atoms with Gasteiger partial charge in [-0.1, -0.05) is 0 Å². The predicted molar refractivity (Wildman–Crippen MR) is 48.3 cm³/mol. The Morgan fingerprint density at radius 2 is 2.07 bits per heavy atom. The Bertz CT molecular complexity index is 419. The molecule has 1 rings (SSSR count). The number of alkyl halides is 3. The third kappa shape index (κ3) is 2.38. The van der Waals surface area contributed by atoms with E-state index in [-0.39, 0.29) is 0 Å². The van der Waals surface area contributed by atoms with Crippen molar-refractivity contribution in [1.82, 2.24) is 4.98 Å². The summed E-state index contributed by atoms with van der Waals surface area (Å²) in [6.07, 6.45) is -4.68. The summed E-state index contributed by atoms with van der Waals surface area (Å²) in [5.41, 5.74) is 3.35. The lowest BCUT2D eigenvalue weighted by Crippen LogP contribution is -2.13. The molecule has 0 aliphatic carbocycles. The van der Waals surface area contributed by atoms with E-state index in [0.29, 0.717) is 0 Å². The number of halogens is 4. The molecule has 0 bridgehead atoms. The zero-order valence-electron chi connectivity index (χ0n) is 6.97. The minimum absolute atomic E-state index is 0.457. The van der Waals surface area contributed by atoms with Crippen LogP contribution in [0, 0.1) is 0 Å². The van der Waals surface area contributed by atoms with E-state index in [4.69, 9.17) is 10.8 Å². The number of carboxylic acid groups (broad SMARTS) is 1. The van der Waals surface area contributed by atoms with Crippen LogP contribution in [-0.4, -0.2) is 16.1 Å². The maximum atomic E-state index is 12.3. The topological polar surface area (TPSA) is 76.2 Å². The summed E-state index contributed by atoms with van der Waals surface area (Å²) >= 11 is 2.58. The van der Waals surface area contributed by atoms with Crippen molar-refractivity contribution >= 4 is 27.7 Å². The number of aromatic carboxylic acids is 1. The monoisotopic (exact) mass is 284 g/mol. The molecule has 0 aliphatic heterocycles. The fourth-order valence-electron chi connectivity index (χ4n) is 0.873. The first-order valence-electron chi connectivity index (χ1n) is 3.50. The second-order valence-corrected chi connectivity index (χ2v) is 3.41. The normalized spacial score (nSPS) is 11.5. The fourth-order valence-corrected chi connectivity index (χ4v) is 1.42. The molecule has 0 aliphatic rings. The van der Waals surface area contributed by atoms with Gasteiger partial charge in [-0.3, -0.25) is 0 Å². The molecule has 1 aromatic heterocycles. The molecule has 0 aromatic carbocycles. The van der Waals surface area contributed by atoms with Gasteiger partial charge in [0.1, 0.15) is 11.4 Å². The number of hydrogen-bond acceptors (Lipinski definition) is 3. The first kappa shape index (κ1) is 11.8. The van der Waals surface area contributed by atoms with Gasteiger partial charge < -0.3 is 10.8 Å². The quantitative estimate of drug-likeness (QED) is 0.828. The Morgan fingerprint density at radius 1 is 1.53 bits per heavy atom. The lowest BCUT2D eigenvalue weighted by atomic mass is 10.2. The highest BCUT2D eigenvalue weighted by molar-refractivity contribution is 9.10. The first-order valence-corrected chi connectivity index (χ1v) is 4.29. The molecule has 4 nitrogen and oxygen atoms in total. The molecule has 0 unspecified atom stereocenters. The van der Waals surface area contributed by atoms with E-state index in [1.807, 2.05) is 0 Å². The highest BCUT2D eigenvalue weighted by Gasteiger charge is 2.36. The van der Waals surface area contributed by atoms with E-state index in [9.17, 15) is 18.0 Å². The fraction of sp³-hybridized carbons (Fsp3) is 0.143. The molecule has 0 atom stereocenters. The summed E-state index contributed by atoms with van der Waals surface area (Å²) in [4.78, 5) is 13.5. The van der Waals surface area contributed by atoms with Crippen LogP contribution in [0.25, 0.3) is 0 Å². The molecule has 1 aromatic rings. The van der Waals surface area contributed by atoms with Crippen LogP contribution in [0.1, 0.15) is 16.1 Å². The molecule has 8 heteroatoms. The number of carbonyl (C=O) groups is 1. The molecular formula is C7H4BrF3N2O2. The second-order valence-electron chi connectivity index (χ2n) is 2.55. The number of rotatable bonds is 1.